The van der Waals surface area contributed by atoms with E-state index in [1.54, 1.807) is 18.2 Å². The Morgan fingerprint density at radius 2 is 2.08 bits per heavy atom. The van der Waals surface area contributed by atoms with E-state index in [9.17, 15) is 9.59 Å². The quantitative estimate of drug-likeness (QED) is 0.804. The maximum Gasteiger partial charge on any atom is 0.251 e. The van der Waals surface area contributed by atoms with Crippen LogP contribution in [0, 0.1) is 6.92 Å². The van der Waals surface area contributed by atoms with Gasteiger partial charge >= 0.3 is 0 Å². The molecular weight excluding hydrogens is 340 g/mol. The average molecular weight is 358 g/mol. The number of anilines is 1. The largest absolute Gasteiger partial charge is 0.454 e. The van der Waals surface area contributed by atoms with Crippen molar-refractivity contribution in [1.82, 2.24) is 0 Å². The number of hydrogen-bond acceptors (Lipinski definition) is 5. The molecule has 2 amide bonds. The van der Waals surface area contributed by atoms with Crippen LogP contribution in [0.1, 0.15) is 33.3 Å². The van der Waals surface area contributed by atoms with Gasteiger partial charge in [-0.05, 0) is 42.7 Å². The van der Waals surface area contributed by atoms with E-state index in [0.717, 1.165) is 16.0 Å². The van der Waals surface area contributed by atoms with Gasteiger partial charge in [0.2, 0.25) is 12.7 Å². The van der Waals surface area contributed by atoms with Gasteiger partial charge in [0.1, 0.15) is 5.00 Å². The summed E-state index contributed by atoms with van der Waals surface area (Å²) in [6, 6.07) is 5.42. The molecule has 1 aromatic heterocycles. The molecule has 0 aliphatic carbocycles. The average Bonchev–Trinajstić information content (AvgIpc) is 3.15. The second kappa shape index (κ2) is 6.98. The summed E-state index contributed by atoms with van der Waals surface area (Å²) in [4.78, 5) is 24.9. The molecule has 2 heterocycles. The van der Waals surface area contributed by atoms with E-state index in [1.807, 2.05) is 19.9 Å². The van der Waals surface area contributed by atoms with Crippen molar-refractivity contribution in [3.05, 3.63) is 45.8 Å². The van der Waals surface area contributed by atoms with Crippen molar-refractivity contribution in [1.29, 1.82) is 0 Å². The number of nitrogens with one attached hydrogen (secondary N) is 1. The van der Waals surface area contributed by atoms with Crippen LogP contribution in [0.4, 0.5) is 5.00 Å². The van der Waals surface area contributed by atoms with E-state index in [2.05, 4.69) is 5.32 Å². The first-order valence-electron chi connectivity index (χ1n) is 7.80. The Morgan fingerprint density at radius 1 is 1.32 bits per heavy atom. The molecule has 130 valence electrons. The predicted octanol–water partition coefficient (Wildman–Crippen LogP) is 3.10. The standard InChI is InChI=1S/C18H18N2O4S/c1-3-12-10(2)25-18(16(12)17(19)22)20-15(21)7-5-11-4-6-13-14(8-11)24-9-23-13/h4-8H,3,9H2,1-2H3,(H2,19,22)(H,20,21)/b7-5+. The molecule has 6 nitrogen and oxygen atoms in total. The smallest absolute Gasteiger partial charge is 0.251 e. The van der Waals surface area contributed by atoms with Crippen LogP contribution in [0.15, 0.2) is 24.3 Å². The molecular formula is C18H18N2O4S. The fourth-order valence-corrected chi connectivity index (χ4v) is 3.85. The number of carbonyl (C=O) groups excluding carboxylic acids is 2. The van der Waals surface area contributed by atoms with Crippen LogP contribution in [0.5, 0.6) is 11.5 Å². The van der Waals surface area contributed by atoms with Crippen molar-refractivity contribution < 1.29 is 19.1 Å². The lowest BCUT2D eigenvalue weighted by molar-refractivity contribution is -0.111. The molecule has 1 aliphatic heterocycles. The summed E-state index contributed by atoms with van der Waals surface area (Å²) in [6.07, 6.45) is 3.76. The minimum atomic E-state index is -0.531. The zero-order valence-electron chi connectivity index (χ0n) is 13.9. The van der Waals surface area contributed by atoms with Gasteiger partial charge in [-0.3, -0.25) is 9.59 Å². The van der Waals surface area contributed by atoms with Gasteiger partial charge in [0, 0.05) is 11.0 Å². The van der Waals surface area contributed by atoms with E-state index in [4.69, 9.17) is 15.2 Å². The van der Waals surface area contributed by atoms with Gasteiger partial charge in [-0.15, -0.1) is 11.3 Å². The minimum Gasteiger partial charge on any atom is -0.454 e. The Balaban J connectivity index is 1.76. The first kappa shape index (κ1) is 17.0. The third-order valence-electron chi connectivity index (χ3n) is 3.87. The number of fused-ring (bicyclic) bond motifs is 1. The molecule has 0 spiro atoms. The topological polar surface area (TPSA) is 90.7 Å². The van der Waals surface area contributed by atoms with Gasteiger partial charge < -0.3 is 20.5 Å². The second-order valence-electron chi connectivity index (χ2n) is 5.49. The van der Waals surface area contributed by atoms with Crippen LogP contribution in [0.25, 0.3) is 6.08 Å². The fraction of sp³-hybridized carbons (Fsp3) is 0.222. The van der Waals surface area contributed by atoms with E-state index in [-0.39, 0.29) is 12.7 Å². The van der Waals surface area contributed by atoms with Crippen LogP contribution in [-0.2, 0) is 11.2 Å². The van der Waals surface area contributed by atoms with Crippen LogP contribution >= 0.6 is 11.3 Å². The van der Waals surface area contributed by atoms with Crippen molar-refractivity contribution in [3.8, 4) is 11.5 Å². The zero-order valence-corrected chi connectivity index (χ0v) is 14.7. The lowest BCUT2D eigenvalue weighted by Crippen LogP contribution is -2.16. The summed E-state index contributed by atoms with van der Waals surface area (Å²) in [5, 5.41) is 3.23. The molecule has 25 heavy (non-hydrogen) atoms. The lowest BCUT2D eigenvalue weighted by atomic mass is 10.1. The van der Waals surface area contributed by atoms with Crippen LogP contribution in [-0.4, -0.2) is 18.6 Å². The van der Waals surface area contributed by atoms with Crippen LogP contribution in [0.2, 0.25) is 0 Å². The minimum absolute atomic E-state index is 0.205. The zero-order chi connectivity index (χ0) is 18.0. The third-order valence-corrected chi connectivity index (χ3v) is 4.93. The Labute approximate surface area is 149 Å². The highest BCUT2D eigenvalue weighted by molar-refractivity contribution is 7.16. The van der Waals surface area contributed by atoms with E-state index in [0.29, 0.717) is 28.5 Å². The Hall–Kier alpha value is -2.80. The predicted molar refractivity (Wildman–Crippen MR) is 97.2 cm³/mol. The number of rotatable bonds is 5. The van der Waals surface area contributed by atoms with Gasteiger partial charge in [-0.1, -0.05) is 13.0 Å². The van der Waals surface area contributed by atoms with Crippen molar-refractivity contribution >= 4 is 34.2 Å². The Bertz CT molecular complexity index is 870. The Kier molecular flexibility index (Phi) is 4.76. The molecule has 0 atom stereocenters. The molecule has 3 rings (SSSR count). The van der Waals surface area contributed by atoms with Crippen LogP contribution < -0.4 is 20.5 Å². The van der Waals surface area contributed by atoms with Crippen LogP contribution in [0.3, 0.4) is 0 Å². The van der Waals surface area contributed by atoms with Crippen molar-refractivity contribution in [3.63, 3.8) is 0 Å². The molecule has 0 bridgehead atoms. The van der Waals surface area contributed by atoms with E-state index in [1.165, 1.54) is 17.4 Å². The molecule has 3 N–H and O–H groups in total. The monoisotopic (exact) mass is 358 g/mol. The molecule has 0 saturated carbocycles. The number of amides is 2. The van der Waals surface area contributed by atoms with Gasteiger partial charge in [-0.25, -0.2) is 0 Å². The molecule has 0 radical (unpaired) electrons. The normalized spacial score (nSPS) is 12.6. The number of benzene rings is 1. The summed E-state index contributed by atoms with van der Waals surface area (Å²) in [6.45, 7) is 4.07. The molecule has 0 unspecified atom stereocenters. The first-order valence-corrected chi connectivity index (χ1v) is 8.62. The number of ether oxygens (including phenoxy) is 2. The lowest BCUT2D eigenvalue weighted by Gasteiger charge is -2.03. The maximum absolute atomic E-state index is 12.2. The number of aryl methyl sites for hydroxylation is 1. The van der Waals surface area contributed by atoms with Crippen molar-refractivity contribution in [2.75, 3.05) is 12.1 Å². The number of primary amides is 1. The van der Waals surface area contributed by atoms with Crippen molar-refractivity contribution in [2.24, 2.45) is 5.73 Å². The highest BCUT2D eigenvalue weighted by Crippen LogP contribution is 2.34. The third kappa shape index (κ3) is 3.51. The highest BCUT2D eigenvalue weighted by Gasteiger charge is 2.20. The molecule has 1 aromatic carbocycles. The summed E-state index contributed by atoms with van der Waals surface area (Å²) < 4.78 is 10.6. The Morgan fingerprint density at radius 3 is 2.80 bits per heavy atom. The second-order valence-corrected chi connectivity index (χ2v) is 6.72. The molecule has 7 heteroatoms. The van der Waals surface area contributed by atoms with Gasteiger partial charge in [0.05, 0.1) is 5.56 Å². The number of carbonyl (C=O) groups is 2. The van der Waals surface area contributed by atoms with E-state index >= 15 is 0 Å². The number of nitrogens with two attached hydrogens (primary N) is 1. The molecule has 0 fully saturated rings. The van der Waals surface area contributed by atoms with Gasteiger partial charge in [-0.2, -0.15) is 0 Å². The summed E-state index contributed by atoms with van der Waals surface area (Å²) in [5.74, 6) is 0.481. The summed E-state index contributed by atoms with van der Waals surface area (Å²) in [5.41, 5.74) is 7.56. The highest BCUT2D eigenvalue weighted by atomic mass is 32.1. The number of thiophene rings is 1. The molecule has 0 saturated heterocycles. The fourth-order valence-electron chi connectivity index (χ4n) is 2.70. The van der Waals surface area contributed by atoms with Gasteiger partial charge in [0.15, 0.2) is 11.5 Å². The maximum atomic E-state index is 12.2. The summed E-state index contributed by atoms with van der Waals surface area (Å²) >= 11 is 1.36. The SMILES string of the molecule is CCc1c(C)sc(NC(=O)/C=C/c2ccc3c(c2)OCO3)c1C(N)=O. The summed E-state index contributed by atoms with van der Waals surface area (Å²) in [7, 11) is 0. The first-order chi connectivity index (χ1) is 12.0. The van der Waals surface area contributed by atoms with Crippen molar-refractivity contribution in [2.45, 2.75) is 20.3 Å². The van der Waals surface area contributed by atoms with E-state index < -0.39 is 5.91 Å². The van der Waals surface area contributed by atoms with Gasteiger partial charge in [0.25, 0.3) is 5.91 Å². The molecule has 1 aliphatic rings. The molecule has 2 aromatic rings. The number of hydrogen-bond donors (Lipinski definition) is 2.